The van der Waals surface area contributed by atoms with Gasteiger partial charge in [-0.25, -0.2) is 8.78 Å². The third-order valence-electron chi connectivity index (χ3n) is 5.79. The Bertz CT molecular complexity index is 1290. The Labute approximate surface area is 194 Å². The summed E-state index contributed by atoms with van der Waals surface area (Å²) in [5, 5.41) is 2.57. The lowest BCUT2D eigenvalue weighted by molar-refractivity contribution is -0.118. The van der Waals surface area contributed by atoms with Crippen LogP contribution in [0.25, 0.3) is 11.3 Å². The number of nitrogens with zero attached hydrogens (tertiary/aromatic N) is 2. The number of likely N-dealkylation sites (tertiary alicyclic amines) is 1. The number of nitrogens with one attached hydrogen (secondary N) is 1. The molecule has 2 aliphatic rings. The van der Waals surface area contributed by atoms with Crippen LogP contribution in [0.5, 0.6) is 11.5 Å². The highest BCUT2D eigenvalue weighted by atomic mass is 19.1. The van der Waals surface area contributed by atoms with Gasteiger partial charge in [-0.2, -0.15) is 0 Å². The van der Waals surface area contributed by atoms with Crippen molar-refractivity contribution in [1.29, 1.82) is 0 Å². The largest absolute Gasteiger partial charge is 0.490 e. The first kappa shape index (κ1) is 21.8. The molecule has 0 bridgehead atoms. The lowest BCUT2D eigenvalue weighted by Crippen LogP contribution is -2.52. The van der Waals surface area contributed by atoms with Crippen LogP contribution in [0.3, 0.4) is 0 Å². The fraction of sp³-hybridized carbons (Fsp3) is 0.240. The molecule has 1 N–H and O–H groups in total. The number of aryl methyl sites for hydroxylation is 1. The van der Waals surface area contributed by atoms with Gasteiger partial charge in [0.05, 0.1) is 23.6 Å². The van der Waals surface area contributed by atoms with E-state index in [1.54, 1.807) is 18.3 Å². The highest BCUT2D eigenvalue weighted by Gasteiger charge is 2.34. The van der Waals surface area contributed by atoms with E-state index >= 15 is 0 Å². The second-order valence-corrected chi connectivity index (χ2v) is 8.42. The van der Waals surface area contributed by atoms with Gasteiger partial charge in [0.1, 0.15) is 11.6 Å². The van der Waals surface area contributed by atoms with Crippen molar-refractivity contribution < 1.29 is 27.8 Å². The minimum atomic E-state index is -0.718. The number of hydrogen-bond acceptors (Lipinski definition) is 5. The maximum Gasteiger partial charge on any atom is 0.262 e. The summed E-state index contributed by atoms with van der Waals surface area (Å²) in [6.45, 7) is 2.67. The predicted molar refractivity (Wildman–Crippen MR) is 120 cm³/mol. The molecule has 34 heavy (non-hydrogen) atoms. The molecule has 0 saturated carbocycles. The van der Waals surface area contributed by atoms with E-state index in [1.807, 2.05) is 19.1 Å². The summed E-state index contributed by atoms with van der Waals surface area (Å²) in [5.74, 6) is -1.76. The van der Waals surface area contributed by atoms with Gasteiger partial charge in [0.25, 0.3) is 11.8 Å². The van der Waals surface area contributed by atoms with Crippen LogP contribution in [-0.4, -0.2) is 48.0 Å². The van der Waals surface area contributed by atoms with E-state index in [4.69, 9.17) is 9.47 Å². The van der Waals surface area contributed by atoms with Gasteiger partial charge in [0, 0.05) is 36.8 Å². The first-order valence-electron chi connectivity index (χ1n) is 10.8. The number of anilines is 1. The predicted octanol–water partition coefficient (Wildman–Crippen LogP) is 3.82. The molecule has 2 aliphatic heterocycles. The Morgan fingerprint density at radius 3 is 2.76 bits per heavy atom. The van der Waals surface area contributed by atoms with Gasteiger partial charge in [0.15, 0.2) is 18.2 Å². The van der Waals surface area contributed by atoms with E-state index < -0.39 is 17.5 Å². The number of ether oxygens (including phenoxy) is 2. The van der Waals surface area contributed by atoms with Crippen molar-refractivity contribution in [3.63, 3.8) is 0 Å². The third-order valence-corrected chi connectivity index (χ3v) is 5.79. The second-order valence-electron chi connectivity index (χ2n) is 8.42. The van der Waals surface area contributed by atoms with Crippen LogP contribution in [0.4, 0.5) is 14.5 Å². The zero-order chi connectivity index (χ0) is 23.8. The van der Waals surface area contributed by atoms with E-state index in [1.165, 1.54) is 17.0 Å². The standard InChI is InChI=1S/C25H21F2N3O4/c1-14-4-5-28-20(6-14)16-2-3-22(19(27)7-16)33-12-15-10-30(11-15)25(32)17-8-21-23(9-18(17)26)34-13-24(31)29-21/h2-9,15H,10-13H2,1H3,(H,29,31). The van der Waals surface area contributed by atoms with Crippen LogP contribution in [0.2, 0.25) is 0 Å². The van der Waals surface area contributed by atoms with Gasteiger partial charge in [-0.05, 0) is 48.9 Å². The minimum absolute atomic E-state index is 0.00908. The second kappa shape index (κ2) is 8.74. The zero-order valence-electron chi connectivity index (χ0n) is 18.3. The molecule has 0 spiro atoms. The number of pyridine rings is 1. The van der Waals surface area contributed by atoms with Gasteiger partial charge in [-0.1, -0.05) is 0 Å². The Morgan fingerprint density at radius 1 is 1.18 bits per heavy atom. The Kier molecular flexibility index (Phi) is 5.61. The lowest BCUT2D eigenvalue weighted by Gasteiger charge is -2.39. The molecule has 0 radical (unpaired) electrons. The fourth-order valence-corrected chi connectivity index (χ4v) is 3.96. The summed E-state index contributed by atoms with van der Waals surface area (Å²) in [4.78, 5) is 29.9. The Hall–Kier alpha value is -4.01. The van der Waals surface area contributed by atoms with Crippen LogP contribution in [0, 0.1) is 24.5 Å². The molecule has 0 atom stereocenters. The van der Waals surface area contributed by atoms with Crippen LogP contribution < -0.4 is 14.8 Å². The molecule has 174 valence electrons. The normalized spacial score (nSPS) is 15.1. The van der Waals surface area contributed by atoms with Crippen molar-refractivity contribution >= 4 is 17.5 Å². The van der Waals surface area contributed by atoms with Crippen molar-refractivity contribution in [3.8, 4) is 22.8 Å². The maximum absolute atomic E-state index is 14.5. The highest BCUT2D eigenvalue weighted by Crippen LogP contribution is 2.32. The third kappa shape index (κ3) is 4.28. The molecule has 2 aromatic carbocycles. The molecule has 7 nitrogen and oxygen atoms in total. The van der Waals surface area contributed by atoms with Crippen molar-refractivity contribution in [2.24, 2.45) is 5.92 Å². The molecular formula is C25H21F2N3O4. The summed E-state index contributed by atoms with van der Waals surface area (Å²) < 4.78 is 39.8. The van der Waals surface area contributed by atoms with E-state index in [0.717, 1.165) is 11.6 Å². The molecule has 0 unspecified atom stereocenters. The van der Waals surface area contributed by atoms with E-state index in [9.17, 15) is 18.4 Å². The average molecular weight is 465 g/mol. The number of amides is 2. The van der Waals surface area contributed by atoms with Crippen molar-refractivity contribution in [2.45, 2.75) is 6.92 Å². The number of hydrogen-bond donors (Lipinski definition) is 1. The van der Waals surface area contributed by atoms with Crippen LogP contribution in [0.1, 0.15) is 15.9 Å². The van der Waals surface area contributed by atoms with Gasteiger partial charge in [-0.15, -0.1) is 0 Å². The Balaban J connectivity index is 1.18. The highest BCUT2D eigenvalue weighted by molar-refractivity contribution is 6.00. The molecule has 9 heteroatoms. The van der Waals surface area contributed by atoms with Crippen molar-refractivity contribution in [1.82, 2.24) is 9.88 Å². The number of carbonyl (C=O) groups is 2. The summed E-state index contributed by atoms with van der Waals surface area (Å²) in [6.07, 6.45) is 1.68. The summed E-state index contributed by atoms with van der Waals surface area (Å²) in [7, 11) is 0. The van der Waals surface area contributed by atoms with Crippen molar-refractivity contribution in [3.05, 3.63) is 71.4 Å². The summed E-state index contributed by atoms with van der Waals surface area (Å²) >= 11 is 0. The molecule has 1 saturated heterocycles. The van der Waals surface area contributed by atoms with E-state index in [2.05, 4.69) is 10.3 Å². The lowest BCUT2D eigenvalue weighted by atomic mass is 9.99. The molecule has 2 amide bonds. The minimum Gasteiger partial charge on any atom is -0.490 e. The van der Waals surface area contributed by atoms with Crippen LogP contribution in [0.15, 0.2) is 48.7 Å². The average Bonchev–Trinajstić information content (AvgIpc) is 2.78. The molecule has 1 aromatic heterocycles. The van der Waals surface area contributed by atoms with Crippen molar-refractivity contribution in [2.75, 3.05) is 31.6 Å². The zero-order valence-corrected chi connectivity index (χ0v) is 18.3. The number of aromatic nitrogens is 1. The first-order chi connectivity index (χ1) is 16.4. The van der Waals surface area contributed by atoms with E-state index in [0.29, 0.717) is 24.3 Å². The first-order valence-corrected chi connectivity index (χ1v) is 10.8. The van der Waals surface area contributed by atoms with E-state index in [-0.39, 0.29) is 47.8 Å². The Morgan fingerprint density at radius 2 is 2.00 bits per heavy atom. The van der Waals surface area contributed by atoms with Gasteiger partial charge >= 0.3 is 0 Å². The number of rotatable bonds is 5. The molecule has 5 rings (SSSR count). The molecule has 1 fully saturated rings. The molecular weight excluding hydrogens is 444 g/mol. The van der Waals surface area contributed by atoms with Crippen LogP contribution >= 0.6 is 0 Å². The quantitative estimate of drug-likeness (QED) is 0.620. The maximum atomic E-state index is 14.5. The van der Waals surface area contributed by atoms with Gasteiger partial charge < -0.3 is 19.7 Å². The smallest absolute Gasteiger partial charge is 0.262 e. The fourth-order valence-electron chi connectivity index (χ4n) is 3.96. The van der Waals surface area contributed by atoms with Crippen LogP contribution in [-0.2, 0) is 4.79 Å². The number of fused-ring (bicyclic) bond motifs is 1. The SMILES string of the molecule is Cc1ccnc(-c2ccc(OCC3CN(C(=O)c4cc5c(cc4F)OCC(=O)N5)C3)c(F)c2)c1. The number of carbonyl (C=O) groups excluding carboxylic acids is 2. The van der Waals surface area contributed by atoms with Gasteiger partial charge in [-0.3, -0.25) is 14.6 Å². The summed E-state index contributed by atoms with van der Waals surface area (Å²) in [5.41, 5.74) is 2.49. The number of benzene rings is 2. The molecule has 0 aliphatic carbocycles. The molecule has 3 aromatic rings. The number of halogens is 2. The van der Waals surface area contributed by atoms with Gasteiger partial charge in [0.2, 0.25) is 0 Å². The molecule has 3 heterocycles. The summed E-state index contributed by atoms with van der Waals surface area (Å²) in [6, 6.07) is 10.8. The topological polar surface area (TPSA) is 80.8 Å². The monoisotopic (exact) mass is 465 g/mol.